The van der Waals surface area contributed by atoms with Gasteiger partial charge in [-0.15, -0.1) is 29.3 Å². The van der Waals surface area contributed by atoms with Crippen molar-refractivity contribution in [3.8, 4) is 73.3 Å². The van der Waals surface area contributed by atoms with Crippen LogP contribution in [0, 0.1) is 6.07 Å². The van der Waals surface area contributed by atoms with E-state index in [-0.39, 0.29) is 66.7 Å². The van der Waals surface area contributed by atoms with Crippen molar-refractivity contribution in [2.24, 2.45) is 0 Å². The predicted molar refractivity (Wildman–Crippen MR) is 331 cm³/mol. The van der Waals surface area contributed by atoms with E-state index >= 15 is 0 Å². The van der Waals surface area contributed by atoms with Gasteiger partial charge in [0, 0.05) is 32.3 Å². The van der Waals surface area contributed by atoms with Crippen molar-refractivity contribution in [3.05, 3.63) is 185 Å². The fraction of sp³-hybridized carbons (Fsp3) is 0.333. The summed E-state index contributed by atoms with van der Waals surface area (Å²) in [5, 5.41) is 12.9. The summed E-state index contributed by atoms with van der Waals surface area (Å²) in [6.45, 7) is 38.4. The first-order chi connectivity index (χ1) is 37.3. The normalized spacial score (nSPS) is 12.5. The molecule has 0 amide bonds. The first-order valence-electron chi connectivity index (χ1n) is 28.5. The zero-order chi connectivity index (χ0) is 56.6. The number of aromatic hydroxyl groups is 1. The zero-order valence-electron chi connectivity index (χ0n) is 50.0. The van der Waals surface area contributed by atoms with E-state index in [2.05, 4.69) is 265 Å². The molecule has 0 fully saturated rings. The van der Waals surface area contributed by atoms with Crippen molar-refractivity contribution < 1.29 is 26.2 Å². The average molecular weight is 1240 g/mol. The summed E-state index contributed by atoms with van der Waals surface area (Å²) in [4.78, 5) is 20.7. The molecule has 1 N–H and O–H groups in total. The second-order valence-corrected chi connectivity index (χ2v) is 26.2. The third-order valence-corrected chi connectivity index (χ3v) is 15.8. The SMILES string of the molecule is CC(C)c1cc(-c2ccccc2)cc(C(C)C)c1-n1c(-c2[c-]c(-c3cccc4c3nc(-c3cc(C(C)(C)C)cc(C(C)(C)C)c3O)n4-c3c(C(C)C)cc(-c4ccccc4)cc3C(C)C)cc(C(C)(C)C)c2)nc2ncncc21.[Pt]. The van der Waals surface area contributed by atoms with E-state index in [9.17, 15) is 5.11 Å². The Bertz CT molecular complexity index is 3860. The van der Waals surface area contributed by atoms with Gasteiger partial charge in [0.05, 0.1) is 34.3 Å². The van der Waals surface area contributed by atoms with E-state index in [1.54, 1.807) is 6.33 Å². The van der Waals surface area contributed by atoms with Crippen molar-refractivity contribution in [2.45, 2.75) is 158 Å². The first kappa shape index (κ1) is 57.7. The standard InChI is InChI=1S/C72H79N6O.Pt/c1-42(2)55-34-48(46-25-20-18-21-26-46)35-56(43(3)4)64(55)77-61-30-24-29-54(63(61)75-69(77)59-38-53(71(12,13)14)39-60(66(59)79)72(15,16)17)50-31-51(33-52(32-50)70(9,10)11)68-76-67-62(40-73-41-74-67)78(68)65-57(44(5)6)36-49(37-58(65)45(7)8)47-27-22-19-23-28-47;/h18-30,32-45,79H,1-17H3;/q-1;. The van der Waals surface area contributed by atoms with E-state index in [0.717, 1.165) is 67.1 Å². The van der Waals surface area contributed by atoms with Crippen molar-refractivity contribution in [3.63, 3.8) is 0 Å². The number of para-hydroxylation sites is 1. The van der Waals surface area contributed by atoms with Crippen LogP contribution in [0.25, 0.3) is 89.7 Å². The van der Waals surface area contributed by atoms with E-state index in [1.165, 1.54) is 44.5 Å². The van der Waals surface area contributed by atoms with Crippen LogP contribution in [-0.4, -0.2) is 34.2 Å². The molecule has 0 bridgehead atoms. The molecule has 7 nitrogen and oxygen atoms in total. The van der Waals surface area contributed by atoms with E-state index in [0.29, 0.717) is 17.0 Å². The Balaban J connectivity index is 0.00000774. The average Bonchev–Trinajstić information content (AvgIpc) is 4.05. The Labute approximate surface area is 490 Å². The zero-order valence-corrected chi connectivity index (χ0v) is 52.3. The number of hydrogen-bond acceptors (Lipinski definition) is 5. The molecule has 0 aliphatic carbocycles. The fourth-order valence-electron chi connectivity index (χ4n) is 11.3. The van der Waals surface area contributed by atoms with Gasteiger partial charge in [-0.3, -0.25) is 4.57 Å². The number of nitrogens with zero attached hydrogens (tertiary/aromatic N) is 6. The molecule has 0 radical (unpaired) electrons. The van der Waals surface area contributed by atoms with Gasteiger partial charge in [-0.25, -0.2) is 19.9 Å². The van der Waals surface area contributed by atoms with Crippen LogP contribution in [0.2, 0.25) is 0 Å². The Hall–Kier alpha value is -6.95. The summed E-state index contributed by atoms with van der Waals surface area (Å²) >= 11 is 0. The topological polar surface area (TPSA) is 81.6 Å². The second-order valence-electron chi connectivity index (χ2n) is 26.2. The smallest absolute Gasteiger partial charge is 0.173 e. The molecular formula is C72H79N6OPt-. The number of imidazole rings is 2. The number of phenolic OH excluding ortho intramolecular Hbond substituents is 1. The van der Waals surface area contributed by atoms with Gasteiger partial charge in [0.2, 0.25) is 0 Å². The number of fused-ring (bicyclic) bond motifs is 2. The first-order valence-corrected chi connectivity index (χ1v) is 28.5. The van der Waals surface area contributed by atoms with Crippen LogP contribution in [0.5, 0.6) is 5.75 Å². The molecule has 3 heterocycles. The van der Waals surface area contributed by atoms with Gasteiger partial charge >= 0.3 is 0 Å². The van der Waals surface area contributed by atoms with Crippen molar-refractivity contribution in [1.29, 1.82) is 0 Å². The number of benzene rings is 7. The van der Waals surface area contributed by atoms with Crippen LogP contribution in [0.15, 0.2) is 140 Å². The molecule has 0 aliphatic rings. The molecule has 0 atom stereocenters. The number of aromatic nitrogens is 6. The van der Waals surface area contributed by atoms with Gasteiger partial charge in [0.15, 0.2) is 5.65 Å². The summed E-state index contributed by atoms with van der Waals surface area (Å²) < 4.78 is 4.68. The van der Waals surface area contributed by atoms with E-state index in [4.69, 9.17) is 15.0 Å². The maximum absolute atomic E-state index is 12.9. The van der Waals surface area contributed by atoms with Gasteiger partial charge in [-0.1, -0.05) is 208 Å². The van der Waals surface area contributed by atoms with Gasteiger partial charge in [-0.2, -0.15) is 0 Å². The summed E-state index contributed by atoms with van der Waals surface area (Å²) in [7, 11) is 0. The summed E-state index contributed by atoms with van der Waals surface area (Å²) in [5.74, 6) is 2.35. The van der Waals surface area contributed by atoms with Gasteiger partial charge < -0.3 is 9.67 Å². The summed E-state index contributed by atoms with van der Waals surface area (Å²) in [6, 6.07) is 50.4. The van der Waals surface area contributed by atoms with Gasteiger partial charge in [0.1, 0.15) is 23.4 Å². The third-order valence-electron chi connectivity index (χ3n) is 15.8. The molecule has 0 saturated heterocycles. The molecular weight excluding hydrogens is 1160 g/mol. The molecule has 3 aromatic heterocycles. The predicted octanol–water partition coefficient (Wildman–Crippen LogP) is 19.4. The number of phenols is 1. The Morgan fingerprint density at radius 3 is 1.41 bits per heavy atom. The minimum Gasteiger partial charge on any atom is -0.507 e. The fourth-order valence-corrected chi connectivity index (χ4v) is 11.3. The molecule has 10 aromatic rings. The summed E-state index contributed by atoms with van der Waals surface area (Å²) in [5.41, 5.74) is 20.7. The Kier molecular flexibility index (Phi) is 15.8. The molecule has 0 saturated carbocycles. The monoisotopic (exact) mass is 1240 g/mol. The maximum atomic E-state index is 12.9. The second kappa shape index (κ2) is 21.8. The van der Waals surface area contributed by atoms with E-state index in [1.807, 2.05) is 6.20 Å². The Morgan fingerprint density at radius 1 is 0.463 bits per heavy atom. The van der Waals surface area contributed by atoms with Crippen molar-refractivity contribution in [1.82, 2.24) is 29.1 Å². The van der Waals surface area contributed by atoms with Crippen LogP contribution in [0.1, 0.15) is 180 Å². The van der Waals surface area contributed by atoms with Crippen molar-refractivity contribution >= 4 is 22.2 Å². The molecule has 7 aromatic carbocycles. The van der Waals surface area contributed by atoms with Gasteiger partial charge in [0.25, 0.3) is 0 Å². The molecule has 0 unspecified atom stereocenters. The van der Waals surface area contributed by atoms with Crippen LogP contribution in [0.3, 0.4) is 0 Å². The quantitative estimate of drug-likeness (QED) is 0.131. The van der Waals surface area contributed by atoms with Crippen LogP contribution >= 0.6 is 0 Å². The number of rotatable bonds is 11. The maximum Gasteiger partial charge on any atom is 0.173 e. The molecule has 0 spiro atoms. The van der Waals surface area contributed by atoms with Crippen LogP contribution in [0.4, 0.5) is 0 Å². The minimum atomic E-state index is -0.359. The van der Waals surface area contributed by atoms with Crippen LogP contribution in [-0.2, 0) is 37.3 Å². The van der Waals surface area contributed by atoms with E-state index < -0.39 is 0 Å². The molecule has 8 heteroatoms. The Morgan fingerprint density at radius 2 is 0.938 bits per heavy atom. The van der Waals surface area contributed by atoms with Crippen molar-refractivity contribution in [2.75, 3.05) is 0 Å². The largest absolute Gasteiger partial charge is 0.507 e. The van der Waals surface area contributed by atoms with Crippen LogP contribution < -0.4 is 0 Å². The molecule has 0 aliphatic heterocycles. The molecule has 80 heavy (non-hydrogen) atoms. The molecule has 10 rings (SSSR count). The minimum absolute atomic E-state index is 0. The third kappa shape index (κ3) is 10.8. The molecule has 414 valence electrons. The summed E-state index contributed by atoms with van der Waals surface area (Å²) in [6.07, 6.45) is 3.49. The number of hydrogen-bond donors (Lipinski definition) is 1. The van der Waals surface area contributed by atoms with Gasteiger partial charge in [-0.05, 0) is 126 Å².